The summed E-state index contributed by atoms with van der Waals surface area (Å²) >= 11 is 0. The lowest BCUT2D eigenvalue weighted by atomic mass is 10.3. The Bertz CT molecular complexity index is 570. The lowest BCUT2D eigenvalue weighted by Crippen LogP contribution is -2.07. The normalized spacial score (nSPS) is 10.0. The van der Waals surface area contributed by atoms with Gasteiger partial charge in [0.25, 0.3) is 0 Å². The van der Waals surface area contributed by atoms with Crippen LogP contribution in [0.3, 0.4) is 0 Å². The zero-order valence-electron chi connectivity index (χ0n) is 10.8. The van der Waals surface area contributed by atoms with Crippen molar-refractivity contribution in [1.82, 2.24) is 9.97 Å². The van der Waals surface area contributed by atoms with Gasteiger partial charge in [0.05, 0.1) is 18.4 Å². The Labute approximate surface area is 111 Å². The van der Waals surface area contributed by atoms with Crippen molar-refractivity contribution in [3.8, 4) is 5.75 Å². The number of esters is 1. The van der Waals surface area contributed by atoms with Crippen molar-refractivity contribution in [2.24, 2.45) is 0 Å². The van der Waals surface area contributed by atoms with Crippen LogP contribution >= 0.6 is 0 Å². The van der Waals surface area contributed by atoms with Gasteiger partial charge in [0.2, 0.25) is 0 Å². The summed E-state index contributed by atoms with van der Waals surface area (Å²) in [5.41, 5.74) is 1.88. The van der Waals surface area contributed by atoms with E-state index in [9.17, 15) is 4.79 Å². The van der Waals surface area contributed by atoms with Gasteiger partial charge in [-0.25, -0.2) is 4.79 Å². The molecular formula is C14H14N2O3. The second-order valence-corrected chi connectivity index (χ2v) is 3.96. The minimum Gasteiger partial charge on any atom is -0.497 e. The fraction of sp³-hybridized carbons (Fsp3) is 0.214. The zero-order valence-corrected chi connectivity index (χ0v) is 10.8. The maximum absolute atomic E-state index is 11.7. The molecule has 0 unspecified atom stereocenters. The summed E-state index contributed by atoms with van der Waals surface area (Å²) in [4.78, 5) is 19.9. The Morgan fingerprint density at radius 2 is 2.21 bits per heavy atom. The molecule has 2 rings (SSSR count). The molecule has 19 heavy (non-hydrogen) atoms. The van der Waals surface area contributed by atoms with Crippen LogP contribution in [0.15, 0.2) is 36.7 Å². The molecule has 2 aromatic heterocycles. The number of nitrogens with zero attached hydrogens (tertiary/aromatic N) is 2. The van der Waals surface area contributed by atoms with E-state index in [-0.39, 0.29) is 6.61 Å². The van der Waals surface area contributed by atoms with Gasteiger partial charge in [0.15, 0.2) is 0 Å². The van der Waals surface area contributed by atoms with Gasteiger partial charge >= 0.3 is 5.97 Å². The largest absolute Gasteiger partial charge is 0.497 e. The van der Waals surface area contributed by atoms with Crippen LogP contribution in [0.25, 0.3) is 0 Å². The van der Waals surface area contributed by atoms with E-state index in [0.717, 1.165) is 5.69 Å². The fourth-order valence-corrected chi connectivity index (χ4v) is 1.60. The Morgan fingerprint density at radius 3 is 2.89 bits per heavy atom. The number of hydrogen-bond donors (Lipinski definition) is 0. The number of aryl methyl sites for hydroxylation is 1. The molecule has 0 N–H and O–H groups in total. The van der Waals surface area contributed by atoms with Crippen LogP contribution in [-0.2, 0) is 11.3 Å². The van der Waals surface area contributed by atoms with Crippen LogP contribution < -0.4 is 4.74 Å². The van der Waals surface area contributed by atoms with Crippen LogP contribution in [0.1, 0.15) is 21.7 Å². The van der Waals surface area contributed by atoms with Crippen molar-refractivity contribution >= 4 is 5.97 Å². The number of rotatable bonds is 4. The van der Waals surface area contributed by atoms with E-state index in [4.69, 9.17) is 9.47 Å². The molecule has 0 amide bonds. The molecule has 5 heteroatoms. The molecule has 0 radical (unpaired) electrons. The molecule has 2 aromatic rings. The van der Waals surface area contributed by atoms with Crippen molar-refractivity contribution < 1.29 is 14.3 Å². The molecule has 5 nitrogen and oxygen atoms in total. The Morgan fingerprint density at radius 1 is 1.37 bits per heavy atom. The number of carbonyl (C=O) groups excluding carboxylic acids is 1. The van der Waals surface area contributed by atoms with Crippen molar-refractivity contribution in [3.05, 3.63) is 53.6 Å². The van der Waals surface area contributed by atoms with E-state index in [2.05, 4.69) is 9.97 Å². The second kappa shape index (κ2) is 5.95. The van der Waals surface area contributed by atoms with E-state index in [1.165, 1.54) is 6.20 Å². The quantitative estimate of drug-likeness (QED) is 0.786. The van der Waals surface area contributed by atoms with Crippen molar-refractivity contribution in [2.45, 2.75) is 13.5 Å². The molecule has 0 saturated heterocycles. The fourth-order valence-electron chi connectivity index (χ4n) is 1.60. The Kier molecular flexibility index (Phi) is 4.07. The van der Waals surface area contributed by atoms with Gasteiger partial charge in [0, 0.05) is 30.2 Å². The maximum Gasteiger partial charge on any atom is 0.340 e. The standard InChI is InChI=1S/C14H14N2O3/c1-10-6-13(18-2)7-12(16-10)9-19-14(17)11-4-3-5-15-8-11/h3-8H,9H2,1-2H3. The summed E-state index contributed by atoms with van der Waals surface area (Å²) in [7, 11) is 1.58. The number of hydrogen-bond acceptors (Lipinski definition) is 5. The lowest BCUT2D eigenvalue weighted by molar-refractivity contribution is 0.0466. The number of carbonyl (C=O) groups is 1. The summed E-state index contributed by atoms with van der Waals surface area (Å²) in [6.45, 7) is 1.96. The Hall–Kier alpha value is -2.43. The Balaban J connectivity index is 2.03. The molecule has 0 aliphatic heterocycles. The third kappa shape index (κ3) is 3.51. The van der Waals surface area contributed by atoms with Gasteiger partial charge in [-0.1, -0.05) is 0 Å². The highest BCUT2D eigenvalue weighted by molar-refractivity contribution is 5.88. The first-order valence-corrected chi connectivity index (χ1v) is 5.78. The summed E-state index contributed by atoms with van der Waals surface area (Å²) in [5, 5.41) is 0. The van der Waals surface area contributed by atoms with Crippen LogP contribution in [0, 0.1) is 6.92 Å². The van der Waals surface area contributed by atoms with Gasteiger partial charge in [-0.15, -0.1) is 0 Å². The maximum atomic E-state index is 11.7. The average Bonchev–Trinajstić information content (AvgIpc) is 2.45. The monoisotopic (exact) mass is 258 g/mol. The van der Waals surface area contributed by atoms with E-state index < -0.39 is 5.97 Å². The number of methoxy groups -OCH3 is 1. The molecular weight excluding hydrogens is 244 g/mol. The highest BCUT2D eigenvalue weighted by Crippen LogP contribution is 2.14. The van der Waals surface area contributed by atoms with Crippen molar-refractivity contribution in [2.75, 3.05) is 7.11 Å². The van der Waals surface area contributed by atoms with Crippen LogP contribution in [0.2, 0.25) is 0 Å². The predicted octanol–water partition coefficient (Wildman–Crippen LogP) is 2.15. The minimum absolute atomic E-state index is 0.103. The SMILES string of the molecule is COc1cc(C)nc(COC(=O)c2cccnc2)c1. The molecule has 0 aliphatic carbocycles. The molecule has 0 fully saturated rings. The van der Waals surface area contributed by atoms with Gasteiger partial charge in [0.1, 0.15) is 12.4 Å². The number of ether oxygens (including phenoxy) is 2. The molecule has 0 atom stereocenters. The highest BCUT2D eigenvalue weighted by Gasteiger charge is 2.08. The zero-order chi connectivity index (χ0) is 13.7. The van der Waals surface area contributed by atoms with E-state index in [1.54, 1.807) is 31.5 Å². The highest BCUT2D eigenvalue weighted by atomic mass is 16.5. The van der Waals surface area contributed by atoms with Gasteiger partial charge in [-0.2, -0.15) is 0 Å². The molecule has 0 aromatic carbocycles. The van der Waals surface area contributed by atoms with E-state index >= 15 is 0 Å². The topological polar surface area (TPSA) is 61.3 Å². The first-order chi connectivity index (χ1) is 9.19. The van der Waals surface area contributed by atoms with Crippen molar-refractivity contribution in [3.63, 3.8) is 0 Å². The molecule has 0 aliphatic rings. The molecule has 2 heterocycles. The van der Waals surface area contributed by atoms with Crippen molar-refractivity contribution in [1.29, 1.82) is 0 Å². The number of aromatic nitrogens is 2. The summed E-state index contributed by atoms with van der Waals surface area (Å²) < 4.78 is 10.3. The smallest absolute Gasteiger partial charge is 0.340 e. The van der Waals surface area contributed by atoms with E-state index in [1.807, 2.05) is 13.0 Å². The third-order valence-corrected chi connectivity index (χ3v) is 2.46. The van der Waals surface area contributed by atoms with Crippen LogP contribution in [0.5, 0.6) is 5.75 Å². The van der Waals surface area contributed by atoms with Crippen LogP contribution in [-0.4, -0.2) is 23.0 Å². The minimum atomic E-state index is -0.421. The second-order valence-electron chi connectivity index (χ2n) is 3.96. The number of pyridine rings is 2. The summed E-state index contributed by atoms with van der Waals surface area (Å²) in [6, 6.07) is 6.89. The first kappa shape index (κ1) is 13.0. The predicted molar refractivity (Wildman–Crippen MR) is 68.9 cm³/mol. The average molecular weight is 258 g/mol. The molecule has 0 saturated carbocycles. The summed E-state index contributed by atoms with van der Waals surface area (Å²) in [5.74, 6) is 0.273. The lowest BCUT2D eigenvalue weighted by Gasteiger charge is -2.07. The molecule has 98 valence electrons. The van der Waals surface area contributed by atoms with Gasteiger partial charge in [-0.05, 0) is 19.1 Å². The third-order valence-electron chi connectivity index (χ3n) is 2.46. The molecule has 0 bridgehead atoms. The summed E-state index contributed by atoms with van der Waals surface area (Å²) in [6.07, 6.45) is 3.07. The van der Waals surface area contributed by atoms with Gasteiger partial charge in [-0.3, -0.25) is 9.97 Å². The van der Waals surface area contributed by atoms with Crippen LogP contribution in [0.4, 0.5) is 0 Å². The van der Waals surface area contributed by atoms with Gasteiger partial charge < -0.3 is 9.47 Å². The first-order valence-electron chi connectivity index (χ1n) is 5.78. The van der Waals surface area contributed by atoms with E-state index in [0.29, 0.717) is 17.0 Å². The molecule has 0 spiro atoms.